The standard InChI is InChI=1S/C10H9BrClN5/c1-5-4-6(2-3-7(5)11)14-10-16-8(12)15-9(13)17-10/h2-4H,1H3,(H3,13,14,15,16,17). The molecule has 0 aliphatic heterocycles. The zero-order valence-electron chi connectivity index (χ0n) is 8.91. The van der Waals surface area contributed by atoms with E-state index in [-0.39, 0.29) is 11.2 Å². The molecule has 0 aliphatic carbocycles. The number of hydrogen-bond acceptors (Lipinski definition) is 5. The van der Waals surface area contributed by atoms with Gasteiger partial charge in [0, 0.05) is 10.2 Å². The summed E-state index contributed by atoms with van der Waals surface area (Å²) >= 11 is 9.11. The lowest BCUT2D eigenvalue weighted by Gasteiger charge is -2.06. The highest BCUT2D eigenvalue weighted by Crippen LogP contribution is 2.22. The summed E-state index contributed by atoms with van der Waals surface area (Å²) < 4.78 is 1.04. The number of hydrogen-bond donors (Lipinski definition) is 2. The number of aryl methyl sites for hydroxylation is 1. The van der Waals surface area contributed by atoms with Crippen molar-refractivity contribution in [3.05, 3.63) is 33.5 Å². The molecule has 17 heavy (non-hydrogen) atoms. The van der Waals surface area contributed by atoms with Crippen molar-refractivity contribution >= 4 is 45.1 Å². The average Bonchev–Trinajstić information content (AvgIpc) is 2.22. The van der Waals surface area contributed by atoms with Crippen LogP contribution in [0, 0.1) is 6.92 Å². The number of nitrogens with two attached hydrogens (primary N) is 1. The van der Waals surface area contributed by atoms with Crippen LogP contribution in [-0.4, -0.2) is 15.0 Å². The van der Waals surface area contributed by atoms with E-state index >= 15 is 0 Å². The first-order valence-electron chi connectivity index (χ1n) is 4.75. The summed E-state index contributed by atoms with van der Waals surface area (Å²) in [6.07, 6.45) is 0. The van der Waals surface area contributed by atoms with E-state index in [1.807, 2.05) is 25.1 Å². The molecule has 0 spiro atoms. The second kappa shape index (κ2) is 4.85. The first kappa shape index (κ1) is 12.1. The van der Waals surface area contributed by atoms with Gasteiger partial charge in [-0.3, -0.25) is 0 Å². The number of nitrogen functional groups attached to an aromatic ring is 1. The van der Waals surface area contributed by atoms with Crippen LogP contribution in [0.25, 0.3) is 0 Å². The third-order valence-electron chi connectivity index (χ3n) is 2.04. The number of nitrogens with zero attached hydrogens (tertiary/aromatic N) is 3. The molecule has 0 aliphatic rings. The van der Waals surface area contributed by atoms with Crippen LogP contribution in [0.2, 0.25) is 5.28 Å². The Kier molecular flexibility index (Phi) is 3.44. The third-order valence-corrected chi connectivity index (χ3v) is 3.10. The number of halogens is 2. The molecule has 0 atom stereocenters. The van der Waals surface area contributed by atoms with Gasteiger partial charge >= 0.3 is 0 Å². The maximum absolute atomic E-state index is 5.68. The number of aromatic nitrogens is 3. The minimum Gasteiger partial charge on any atom is -0.368 e. The van der Waals surface area contributed by atoms with E-state index in [0.29, 0.717) is 5.95 Å². The lowest BCUT2D eigenvalue weighted by molar-refractivity contribution is 1.07. The van der Waals surface area contributed by atoms with Crippen molar-refractivity contribution in [2.45, 2.75) is 6.92 Å². The fraction of sp³-hybridized carbons (Fsp3) is 0.100. The predicted octanol–water partition coefficient (Wildman–Crippen LogP) is 2.92. The van der Waals surface area contributed by atoms with E-state index in [2.05, 4.69) is 36.2 Å². The van der Waals surface area contributed by atoms with Crippen molar-refractivity contribution in [3.8, 4) is 0 Å². The van der Waals surface area contributed by atoms with Gasteiger partial charge in [0.25, 0.3) is 0 Å². The zero-order valence-corrected chi connectivity index (χ0v) is 11.2. The number of anilines is 3. The van der Waals surface area contributed by atoms with E-state index in [0.717, 1.165) is 15.7 Å². The predicted molar refractivity (Wildman–Crippen MR) is 71.4 cm³/mol. The summed E-state index contributed by atoms with van der Waals surface area (Å²) in [7, 11) is 0. The number of nitrogens with one attached hydrogen (secondary N) is 1. The van der Waals surface area contributed by atoms with Crippen LogP contribution in [0.1, 0.15) is 5.56 Å². The molecule has 7 heteroatoms. The average molecular weight is 315 g/mol. The van der Waals surface area contributed by atoms with Crippen LogP contribution < -0.4 is 11.1 Å². The molecule has 1 aromatic heterocycles. The molecule has 0 radical (unpaired) electrons. The Labute approximate surface area is 112 Å². The van der Waals surface area contributed by atoms with Crippen molar-refractivity contribution < 1.29 is 0 Å². The zero-order chi connectivity index (χ0) is 12.4. The molecule has 1 heterocycles. The molecule has 0 unspecified atom stereocenters. The second-order valence-electron chi connectivity index (χ2n) is 3.38. The maximum atomic E-state index is 5.68. The Morgan fingerprint density at radius 1 is 1.29 bits per heavy atom. The summed E-state index contributed by atoms with van der Waals surface area (Å²) in [6.45, 7) is 1.99. The van der Waals surface area contributed by atoms with E-state index in [9.17, 15) is 0 Å². The number of benzene rings is 1. The molecule has 2 aromatic rings. The van der Waals surface area contributed by atoms with Gasteiger partial charge < -0.3 is 11.1 Å². The fourth-order valence-corrected chi connectivity index (χ4v) is 1.69. The highest BCUT2D eigenvalue weighted by molar-refractivity contribution is 9.10. The summed E-state index contributed by atoms with van der Waals surface area (Å²) in [4.78, 5) is 11.5. The molecule has 0 fully saturated rings. The molecule has 3 N–H and O–H groups in total. The summed E-state index contributed by atoms with van der Waals surface area (Å²) in [6, 6.07) is 5.78. The lowest BCUT2D eigenvalue weighted by atomic mass is 10.2. The molecule has 88 valence electrons. The topological polar surface area (TPSA) is 76.7 Å². The van der Waals surface area contributed by atoms with Gasteiger partial charge in [0.05, 0.1) is 0 Å². The Bertz CT molecular complexity index is 540. The smallest absolute Gasteiger partial charge is 0.233 e. The van der Waals surface area contributed by atoms with Gasteiger partial charge in [0.1, 0.15) is 0 Å². The highest BCUT2D eigenvalue weighted by atomic mass is 79.9. The first-order valence-corrected chi connectivity index (χ1v) is 5.92. The minimum atomic E-state index is 0.0637. The van der Waals surface area contributed by atoms with E-state index < -0.39 is 0 Å². The van der Waals surface area contributed by atoms with Crippen molar-refractivity contribution in [2.24, 2.45) is 0 Å². The molecule has 0 bridgehead atoms. The van der Waals surface area contributed by atoms with Crippen LogP contribution in [0.15, 0.2) is 22.7 Å². The molecule has 0 amide bonds. The van der Waals surface area contributed by atoms with Gasteiger partial charge in [-0.25, -0.2) is 0 Å². The monoisotopic (exact) mass is 313 g/mol. The summed E-state index contributed by atoms with van der Waals surface area (Å²) in [5, 5.41) is 3.07. The lowest BCUT2D eigenvalue weighted by Crippen LogP contribution is -2.03. The van der Waals surface area contributed by atoms with Crippen LogP contribution in [0.5, 0.6) is 0 Å². The quantitative estimate of drug-likeness (QED) is 0.891. The fourth-order valence-electron chi connectivity index (χ4n) is 1.27. The molecule has 2 rings (SSSR count). The minimum absolute atomic E-state index is 0.0637. The first-order chi connectivity index (χ1) is 8.04. The van der Waals surface area contributed by atoms with Crippen molar-refractivity contribution in [2.75, 3.05) is 11.1 Å². The highest BCUT2D eigenvalue weighted by Gasteiger charge is 2.03. The Hall–Kier alpha value is -1.40. The van der Waals surface area contributed by atoms with E-state index in [1.165, 1.54) is 0 Å². The molecule has 0 saturated heterocycles. The Morgan fingerprint density at radius 2 is 2.06 bits per heavy atom. The Balaban J connectivity index is 2.28. The second-order valence-corrected chi connectivity index (χ2v) is 4.57. The molecular weight excluding hydrogens is 306 g/mol. The largest absolute Gasteiger partial charge is 0.368 e. The van der Waals surface area contributed by atoms with Crippen molar-refractivity contribution in [3.63, 3.8) is 0 Å². The maximum Gasteiger partial charge on any atom is 0.233 e. The molecule has 5 nitrogen and oxygen atoms in total. The third kappa shape index (κ3) is 3.04. The number of rotatable bonds is 2. The van der Waals surface area contributed by atoms with Gasteiger partial charge in [0.15, 0.2) is 0 Å². The Morgan fingerprint density at radius 3 is 2.71 bits per heavy atom. The van der Waals surface area contributed by atoms with Gasteiger partial charge in [-0.15, -0.1) is 0 Å². The van der Waals surface area contributed by atoms with Crippen LogP contribution in [0.3, 0.4) is 0 Å². The molecular formula is C10H9BrClN5. The van der Waals surface area contributed by atoms with Gasteiger partial charge in [-0.1, -0.05) is 15.9 Å². The van der Waals surface area contributed by atoms with Crippen LogP contribution in [-0.2, 0) is 0 Å². The van der Waals surface area contributed by atoms with Gasteiger partial charge in [-0.2, -0.15) is 15.0 Å². The molecule has 1 aromatic carbocycles. The van der Waals surface area contributed by atoms with Gasteiger partial charge in [-0.05, 0) is 42.3 Å². The summed E-state index contributed by atoms with van der Waals surface area (Å²) in [5.41, 5.74) is 7.43. The van der Waals surface area contributed by atoms with E-state index in [4.69, 9.17) is 17.3 Å². The SMILES string of the molecule is Cc1cc(Nc2nc(N)nc(Cl)n2)ccc1Br. The summed E-state index contributed by atoms with van der Waals surface area (Å²) in [5.74, 6) is 0.408. The normalized spacial score (nSPS) is 10.3. The van der Waals surface area contributed by atoms with E-state index in [1.54, 1.807) is 0 Å². The van der Waals surface area contributed by atoms with Crippen LogP contribution in [0.4, 0.5) is 17.6 Å². The molecule has 0 saturated carbocycles. The van der Waals surface area contributed by atoms with Crippen molar-refractivity contribution in [1.82, 2.24) is 15.0 Å². The van der Waals surface area contributed by atoms with Crippen LogP contribution >= 0.6 is 27.5 Å². The van der Waals surface area contributed by atoms with Crippen molar-refractivity contribution in [1.29, 1.82) is 0 Å². The van der Waals surface area contributed by atoms with Gasteiger partial charge in [0.2, 0.25) is 17.2 Å².